The number of nitrogens with zero attached hydrogens (tertiary/aromatic N) is 6. The first-order chi connectivity index (χ1) is 15.1. The summed E-state index contributed by atoms with van der Waals surface area (Å²) in [4.78, 5) is 10.9. The van der Waals surface area contributed by atoms with Crippen molar-refractivity contribution in [2.75, 3.05) is 11.9 Å². The number of rotatable bonds is 4. The quantitative estimate of drug-likeness (QED) is 0.644. The minimum Gasteiger partial charge on any atom is -0.507 e. The predicted octanol–water partition coefficient (Wildman–Crippen LogP) is 3.35. The highest BCUT2D eigenvalue weighted by atomic mass is 32.1. The van der Waals surface area contributed by atoms with Gasteiger partial charge in [-0.2, -0.15) is 5.26 Å². The highest BCUT2D eigenvalue weighted by molar-refractivity contribution is 7.13. The number of fused-ring (bicyclic) bond motifs is 2. The first-order valence-electron chi connectivity index (χ1n) is 10.5. The summed E-state index contributed by atoms with van der Waals surface area (Å²) in [6.45, 7) is 0. The standard InChI is InChI=1S/C22H23N7OS/c1-29(17-8-14-3-2-4-15(9-17)25-14)20-11-24-21(28-27-20)18-6-5-13(7-19(18)30)22-26-16(10-23)12-31-22/h5-7,11-12,14-15,17,25,30H,2-4,8-9H2,1H3/t14-,15+,17-. The first kappa shape index (κ1) is 19.8. The molecule has 2 N–H and O–H groups in total. The number of benzene rings is 1. The number of piperidine rings is 2. The fourth-order valence-corrected chi connectivity index (χ4v) is 5.35. The fraction of sp³-hybridized carbons (Fsp3) is 0.409. The van der Waals surface area contributed by atoms with Crippen molar-refractivity contribution in [3.63, 3.8) is 0 Å². The van der Waals surface area contributed by atoms with E-state index in [1.165, 1.54) is 30.6 Å². The Morgan fingerprint density at radius 3 is 2.68 bits per heavy atom. The highest BCUT2D eigenvalue weighted by Crippen LogP contribution is 2.33. The molecule has 2 bridgehead atoms. The van der Waals surface area contributed by atoms with Crippen molar-refractivity contribution in [3.8, 4) is 33.8 Å². The van der Waals surface area contributed by atoms with Crippen LogP contribution in [0, 0.1) is 11.3 Å². The third-order valence-electron chi connectivity index (χ3n) is 6.25. The maximum atomic E-state index is 10.5. The maximum Gasteiger partial charge on any atom is 0.185 e. The molecule has 5 rings (SSSR count). The van der Waals surface area contributed by atoms with E-state index in [4.69, 9.17) is 5.26 Å². The van der Waals surface area contributed by atoms with Crippen molar-refractivity contribution in [1.29, 1.82) is 5.26 Å². The van der Waals surface area contributed by atoms with E-state index >= 15 is 0 Å². The number of hydrogen-bond donors (Lipinski definition) is 2. The minimum absolute atomic E-state index is 0.0558. The normalized spacial score (nSPS) is 22.6. The van der Waals surface area contributed by atoms with Gasteiger partial charge in [-0.05, 0) is 37.8 Å². The molecule has 31 heavy (non-hydrogen) atoms. The molecular weight excluding hydrogens is 410 g/mol. The number of anilines is 1. The van der Waals surface area contributed by atoms with Gasteiger partial charge in [0.1, 0.15) is 16.8 Å². The first-order valence-corrected chi connectivity index (χ1v) is 11.4. The van der Waals surface area contributed by atoms with Gasteiger partial charge in [0.05, 0.1) is 11.8 Å². The summed E-state index contributed by atoms with van der Waals surface area (Å²) >= 11 is 1.36. The molecule has 0 spiro atoms. The van der Waals surface area contributed by atoms with E-state index < -0.39 is 0 Å². The fourth-order valence-electron chi connectivity index (χ4n) is 4.60. The van der Waals surface area contributed by atoms with E-state index in [0.717, 1.165) is 24.2 Å². The van der Waals surface area contributed by atoms with Crippen LogP contribution >= 0.6 is 11.3 Å². The van der Waals surface area contributed by atoms with Crippen molar-refractivity contribution >= 4 is 17.2 Å². The molecule has 0 radical (unpaired) electrons. The predicted molar refractivity (Wildman–Crippen MR) is 119 cm³/mol. The van der Waals surface area contributed by atoms with Crippen LogP contribution in [0.25, 0.3) is 22.0 Å². The number of aromatic nitrogens is 4. The van der Waals surface area contributed by atoms with Gasteiger partial charge < -0.3 is 15.3 Å². The molecule has 3 aromatic rings. The Kier molecular flexibility index (Phi) is 5.26. The molecule has 0 amide bonds. The summed E-state index contributed by atoms with van der Waals surface area (Å²) in [5, 5.41) is 34.3. The largest absolute Gasteiger partial charge is 0.507 e. The van der Waals surface area contributed by atoms with Crippen molar-refractivity contribution in [2.45, 2.75) is 50.2 Å². The molecule has 2 aromatic heterocycles. The van der Waals surface area contributed by atoms with Crippen LogP contribution in [0.3, 0.4) is 0 Å². The molecule has 0 unspecified atom stereocenters. The lowest BCUT2D eigenvalue weighted by Crippen LogP contribution is -2.54. The van der Waals surface area contributed by atoms with Gasteiger partial charge in [-0.1, -0.05) is 12.5 Å². The molecule has 2 saturated heterocycles. The van der Waals surface area contributed by atoms with Gasteiger partial charge in [-0.15, -0.1) is 21.5 Å². The van der Waals surface area contributed by atoms with Crippen LogP contribution in [-0.2, 0) is 0 Å². The number of aromatic hydroxyl groups is 1. The minimum atomic E-state index is 0.0558. The van der Waals surface area contributed by atoms with E-state index in [2.05, 4.69) is 37.4 Å². The third kappa shape index (κ3) is 3.96. The lowest BCUT2D eigenvalue weighted by atomic mass is 9.83. The number of hydrogen-bond acceptors (Lipinski definition) is 9. The smallest absolute Gasteiger partial charge is 0.185 e. The molecule has 2 aliphatic rings. The number of nitriles is 1. The van der Waals surface area contributed by atoms with Crippen LogP contribution in [-0.4, -0.2) is 50.4 Å². The summed E-state index contributed by atoms with van der Waals surface area (Å²) in [5.41, 5.74) is 1.63. The number of phenols is 1. The van der Waals surface area contributed by atoms with E-state index in [1.54, 1.807) is 23.7 Å². The van der Waals surface area contributed by atoms with E-state index in [0.29, 0.717) is 40.2 Å². The maximum absolute atomic E-state index is 10.5. The zero-order valence-electron chi connectivity index (χ0n) is 17.2. The van der Waals surface area contributed by atoms with Crippen LogP contribution in [0.2, 0.25) is 0 Å². The van der Waals surface area contributed by atoms with Gasteiger partial charge in [-0.25, -0.2) is 9.97 Å². The molecule has 0 saturated carbocycles. The topological polar surface area (TPSA) is 111 Å². The van der Waals surface area contributed by atoms with Gasteiger partial charge in [0.25, 0.3) is 0 Å². The van der Waals surface area contributed by atoms with Crippen LogP contribution in [0.1, 0.15) is 37.8 Å². The third-order valence-corrected chi connectivity index (χ3v) is 7.14. The molecule has 8 nitrogen and oxygen atoms in total. The highest BCUT2D eigenvalue weighted by Gasteiger charge is 2.33. The van der Waals surface area contributed by atoms with Gasteiger partial charge in [-0.3, -0.25) is 0 Å². The summed E-state index contributed by atoms with van der Waals surface area (Å²) < 4.78 is 0. The average Bonchev–Trinajstić information content (AvgIpc) is 3.28. The summed E-state index contributed by atoms with van der Waals surface area (Å²) in [7, 11) is 2.06. The Morgan fingerprint density at radius 2 is 2.03 bits per heavy atom. The van der Waals surface area contributed by atoms with Gasteiger partial charge in [0, 0.05) is 36.1 Å². The zero-order chi connectivity index (χ0) is 21.4. The number of nitrogens with one attached hydrogen (secondary N) is 1. The Hall–Kier alpha value is -3.09. The monoisotopic (exact) mass is 433 g/mol. The molecule has 4 heterocycles. The van der Waals surface area contributed by atoms with E-state index in [1.807, 2.05) is 12.1 Å². The van der Waals surface area contributed by atoms with Crippen LogP contribution < -0.4 is 10.2 Å². The second kappa shape index (κ2) is 8.21. The summed E-state index contributed by atoms with van der Waals surface area (Å²) in [6, 6.07) is 8.86. The Morgan fingerprint density at radius 1 is 1.23 bits per heavy atom. The molecule has 0 aliphatic carbocycles. The van der Waals surface area contributed by atoms with Gasteiger partial charge in [0.15, 0.2) is 17.3 Å². The molecule has 2 aliphatic heterocycles. The summed E-state index contributed by atoms with van der Waals surface area (Å²) in [5.74, 6) is 1.18. The Bertz CT molecular complexity index is 1110. The van der Waals surface area contributed by atoms with Crippen molar-refractivity contribution < 1.29 is 5.11 Å². The average molecular weight is 434 g/mol. The van der Waals surface area contributed by atoms with E-state index in [-0.39, 0.29) is 5.75 Å². The second-order valence-electron chi connectivity index (χ2n) is 8.25. The van der Waals surface area contributed by atoms with Gasteiger partial charge >= 0.3 is 0 Å². The SMILES string of the molecule is CN(c1cnc(-c2ccc(-c3nc(C#N)cs3)cc2O)nn1)[C@@H]1C[C@H]2CCC[C@@H](C1)N2. The van der Waals surface area contributed by atoms with Gasteiger partial charge in [0.2, 0.25) is 0 Å². The van der Waals surface area contributed by atoms with Crippen LogP contribution in [0.4, 0.5) is 5.82 Å². The lowest BCUT2D eigenvalue weighted by molar-refractivity contribution is 0.219. The number of phenolic OH excluding ortho intramolecular Hbond substituents is 1. The molecule has 9 heteroatoms. The molecule has 1 aromatic carbocycles. The Balaban J connectivity index is 1.33. The molecule has 2 fully saturated rings. The van der Waals surface area contributed by atoms with Crippen molar-refractivity contribution in [1.82, 2.24) is 25.5 Å². The number of thiazole rings is 1. The molecule has 3 atom stereocenters. The molecule has 158 valence electrons. The molecular formula is C22H23N7OS. The second-order valence-corrected chi connectivity index (χ2v) is 9.11. The zero-order valence-corrected chi connectivity index (χ0v) is 18.0. The van der Waals surface area contributed by atoms with Crippen LogP contribution in [0.5, 0.6) is 5.75 Å². The lowest BCUT2D eigenvalue weighted by Gasteiger charge is -2.43. The Labute approximate surface area is 184 Å². The van der Waals surface area contributed by atoms with Crippen LogP contribution in [0.15, 0.2) is 29.8 Å². The van der Waals surface area contributed by atoms with E-state index in [9.17, 15) is 5.11 Å². The van der Waals surface area contributed by atoms with Crippen molar-refractivity contribution in [2.24, 2.45) is 0 Å². The summed E-state index contributed by atoms with van der Waals surface area (Å²) in [6.07, 6.45) is 7.77. The van der Waals surface area contributed by atoms with Crippen molar-refractivity contribution in [3.05, 3.63) is 35.5 Å².